The zero-order valence-corrected chi connectivity index (χ0v) is 15.5. The number of nitrogens with zero attached hydrogens (tertiary/aromatic N) is 1. The number of aromatic amines is 1. The van der Waals surface area contributed by atoms with Crippen LogP contribution < -0.4 is 5.32 Å². The van der Waals surface area contributed by atoms with Crippen molar-refractivity contribution in [1.29, 1.82) is 0 Å². The summed E-state index contributed by atoms with van der Waals surface area (Å²) in [6.07, 6.45) is 1.86. The smallest absolute Gasteiger partial charge is 0.255 e. The third-order valence-corrected chi connectivity index (χ3v) is 5.70. The molecule has 5 rings (SSSR count). The standard InChI is InChI=1S/C22H23N3O2/c1-25-9-7-21-18(12-25)17-11-14(5-6-20(17)23-21)22(26)24-19-4-2-3-15-13-27-10-8-16(15)19/h2-6,11,23H,7-10,12-13H2,1H3,(H,24,26). The van der Waals surface area contributed by atoms with Gasteiger partial charge in [-0.3, -0.25) is 4.79 Å². The molecule has 1 aromatic heterocycles. The minimum absolute atomic E-state index is 0.0593. The first kappa shape index (κ1) is 16.5. The van der Waals surface area contributed by atoms with Crippen molar-refractivity contribution in [3.8, 4) is 0 Å². The molecule has 0 bridgehead atoms. The third-order valence-electron chi connectivity index (χ3n) is 5.70. The number of hydrogen-bond acceptors (Lipinski definition) is 3. The summed E-state index contributed by atoms with van der Waals surface area (Å²) in [5.41, 5.74) is 7.69. The summed E-state index contributed by atoms with van der Waals surface area (Å²) >= 11 is 0. The van der Waals surface area contributed by atoms with Crippen LogP contribution in [0.2, 0.25) is 0 Å². The lowest BCUT2D eigenvalue weighted by Crippen LogP contribution is -2.26. The van der Waals surface area contributed by atoms with Crippen molar-refractivity contribution in [1.82, 2.24) is 9.88 Å². The van der Waals surface area contributed by atoms with Gasteiger partial charge in [-0.15, -0.1) is 0 Å². The summed E-state index contributed by atoms with van der Waals surface area (Å²) in [7, 11) is 2.14. The normalized spacial score (nSPS) is 16.8. The molecule has 5 nitrogen and oxygen atoms in total. The Bertz CT molecular complexity index is 1040. The van der Waals surface area contributed by atoms with Crippen molar-refractivity contribution >= 4 is 22.5 Å². The molecule has 0 aliphatic carbocycles. The van der Waals surface area contributed by atoms with Crippen LogP contribution in [0.15, 0.2) is 36.4 Å². The van der Waals surface area contributed by atoms with Crippen LogP contribution >= 0.6 is 0 Å². The van der Waals surface area contributed by atoms with Gasteiger partial charge < -0.3 is 19.9 Å². The average Bonchev–Trinajstić information content (AvgIpc) is 3.05. The average molecular weight is 361 g/mol. The highest BCUT2D eigenvalue weighted by molar-refractivity contribution is 6.07. The van der Waals surface area contributed by atoms with E-state index in [1.165, 1.54) is 16.8 Å². The number of hydrogen-bond donors (Lipinski definition) is 2. The highest BCUT2D eigenvalue weighted by Crippen LogP contribution is 2.29. The van der Waals surface area contributed by atoms with E-state index in [2.05, 4.69) is 28.3 Å². The molecule has 0 fully saturated rings. The minimum Gasteiger partial charge on any atom is -0.376 e. The van der Waals surface area contributed by atoms with Gasteiger partial charge in [0, 0.05) is 47.4 Å². The topological polar surface area (TPSA) is 57.4 Å². The van der Waals surface area contributed by atoms with Crippen molar-refractivity contribution in [2.24, 2.45) is 0 Å². The predicted octanol–water partition coefficient (Wildman–Crippen LogP) is 3.48. The van der Waals surface area contributed by atoms with Gasteiger partial charge in [0.15, 0.2) is 0 Å². The number of carbonyl (C=O) groups is 1. The molecule has 2 aliphatic rings. The van der Waals surface area contributed by atoms with Crippen molar-refractivity contribution in [3.63, 3.8) is 0 Å². The zero-order valence-electron chi connectivity index (χ0n) is 15.5. The van der Waals surface area contributed by atoms with Crippen LogP contribution in [0.3, 0.4) is 0 Å². The Hall–Kier alpha value is -2.63. The molecule has 0 unspecified atom stereocenters. The van der Waals surface area contributed by atoms with E-state index in [-0.39, 0.29) is 5.91 Å². The quantitative estimate of drug-likeness (QED) is 0.735. The Balaban J connectivity index is 1.47. The molecule has 0 radical (unpaired) electrons. The monoisotopic (exact) mass is 361 g/mol. The summed E-state index contributed by atoms with van der Waals surface area (Å²) in [4.78, 5) is 18.8. The molecule has 5 heteroatoms. The summed E-state index contributed by atoms with van der Waals surface area (Å²) in [6, 6.07) is 12.0. The summed E-state index contributed by atoms with van der Waals surface area (Å²) in [5, 5.41) is 4.28. The molecule has 0 atom stereocenters. The van der Waals surface area contributed by atoms with Crippen LogP contribution in [-0.2, 0) is 30.7 Å². The molecule has 3 aromatic rings. The number of amides is 1. The zero-order chi connectivity index (χ0) is 18.4. The Kier molecular flexibility index (Phi) is 3.99. The number of H-pyrrole nitrogens is 1. The van der Waals surface area contributed by atoms with Gasteiger partial charge in [0.2, 0.25) is 0 Å². The van der Waals surface area contributed by atoms with Crippen LogP contribution in [0.5, 0.6) is 0 Å². The number of likely N-dealkylation sites (N-methyl/N-ethyl adjacent to an activating group) is 1. The number of benzene rings is 2. The molecule has 1 amide bonds. The highest BCUT2D eigenvalue weighted by Gasteiger charge is 2.20. The maximum absolute atomic E-state index is 12.9. The molecule has 0 saturated carbocycles. The lowest BCUT2D eigenvalue weighted by Gasteiger charge is -2.22. The summed E-state index contributed by atoms with van der Waals surface area (Å²) < 4.78 is 5.52. The van der Waals surface area contributed by atoms with Gasteiger partial charge >= 0.3 is 0 Å². The van der Waals surface area contributed by atoms with Crippen LogP contribution in [0, 0.1) is 0 Å². The molecule has 27 heavy (non-hydrogen) atoms. The first-order valence-electron chi connectivity index (χ1n) is 9.51. The molecule has 0 saturated heterocycles. The van der Waals surface area contributed by atoms with Gasteiger partial charge in [0.25, 0.3) is 5.91 Å². The van der Waals surface area contributed by atoms with E-state index in [9.17, 15) is 4.79 Å². The second-order valence-electron chi connectivity index (χ2n) is 7.53. The second kappa shape index (κ2) is 6.51. The fourth-order valence-electron chi connectivity index (χ4n) is 4.22. The molecule has 2 aromatic carbocycles. The molecular formula is C22H23N3O2. The van der Waals surface area contributed by atoms with E-state index >= 15 is 0 Å². The van der Waals surface area contributed by atoms with E-state index in [1.807, 2.05) is 30.3 Å². The molecule has 138 valence electrons. The Morgan fingerprint density at radius 3 is 3.04 bits per heavy atom. The number of rotatable bonds is 2. The van der Waals surface area contributed by atoms with Gasteiger partial charge in [-0.2, -0.15) is 0 Å². The molecule has 2 aliphatic heterocycles. The van der Waals surface area contributed by atoms with Crippen molar-refractivity contribution in [2.45, 2.75) is 26.0 Å². The number of nitrogens with one attached hydrogen (secondary N) is 2. The largest absolute Gasteiger partial charge is 0.376 e. The first-order chi connectivity index (χ1) is 13.2. The third kappa shape index (κ3) is 2.93. The predicted molar refractivity (Wildman–Crippen MR) is 106 cm³/mol. The van der Waals surface area contributed by atoms with E-state index in [0.717, 1.165) is 48.1 Å². The molecule has 3 heterocycles. The molecule has 2 N–H and O–H groups in total. The van der Waals surface area contributed by atoms with Gasteiger partial charge in [-0.25, -0.2) is 0 Å². The van der Waals surface area contributed by atoms with Gasteiger partial charge in [-0.1, -0.05) is 12.1 Å². The van der Waals surface area contributed by atoms with Gasteiger partial charge in [-0.05, 0) is 54.4 Å². The van der Waals surface area contributed by atoms with Crippen molar-refractivity contribution in [3.05, 3.63) is 64.3 Å². The Labute approximate surface area is 158 Å². The van der Waals surface area contributed by atoms with Crippen LogP contribution in [-0.4, -0.2) is 36.0 Å². The lowest BCUT2D eigenvalue weighted by molar-refractivity contribution is 0.102. The maximum atomic E-state index is 12.9. The maximum Gasteiger partial charge on any atom is 0.255 e. The lowest BCUT2D eigenvalue weighted by atomic mass is 10.0. The Morgan fingerprint density at radius 2 is 2.11 bits per heavy atom. The SMILES string of the molecule is CN1CCc2[nH]c3ccc(C(=O)Nc4cccc5c4CCOC5)cc3c2C1. The Morgan fingerprint density at radius 1 is 1.19 bits per heavy atom. The molecular weight excluding hydrogens is 338 g/mol. The first-order valence-corrected chi connectivity index (χ1v) is 9.51. The number of anilines is 1. The van der Waals surface area contributed by atoms with Crippen LogP contribution in [0.1, 0.15) is 32.7 Å². The summed E-state index contributed by atoms with van der Waals surface area (Å²) in [6.45, 7) is 3.31. The number of carbonyl (C=O) groups excluding carboxylic acids is 1. The van der Waals surface area contributed by atoms with E-state index in [0.29, 0.717) is 18.8 Å². The van der Waals surface area contributed by atoms with E-state index in [1.54, 1.807) is 0 Å². The van der Waals surface area contributed by atoms with Crippen LogP contribution in [0.25, 0.3) is 10.9 Å². The minimum atomic E-state index is -0.0593. The van der Waals surface area contributed by atoms with Gasteiger partial charge in [0.1, 0.15) is 0 Å². The fourth-order valence-corrected chi connectivity index (χ4v) is 4.22. The number of ether oxygens (including phenoxy) is 1. The number of aromatic nitrogens is 1. The molecule has 0 spiro atoms. The van der Waals surface area contributed by atoms with Crippen LogP contribution in [0.4, 0.5) is 5.69 Å². The van der Waals surface area contributed by atoms with Gasteiger partial charge in [0.05, 0.1) is 13.2 Å². The van der Waals surface area contributed by atoms with Crippen molar-refractivity contribution < 1.29 is 9.53 Å². The highest BCUT2D eigenvalue weighted by atomic mass is 16.5. The van der Waals surface area contributed by atoms with E-state index < -0.39 is 0 Å². The van der Waals surface area contributed by atoms with E-state index in [4.69, 9.17) is 4.74 Å². The van der Waals surface area contributed by atoms with Crippen molar-refractivity contribution in [2.75, 3.05) is 25.5 Å². The number of fused-ring (bicyclic) bond motifs is 4. The fraction of sp³-hybridized carbons (Fsp3) is 0.318. The summed E-state index contributed by atoms with van der Waals surface area (Å²) in [5.74, 6) is -0.0593. The second-order valence-corrected chi connectivity index (χ2v) is 7.53.